The minimum absolute atomic E-state index is 0.0160. The van der Waals surface area contributed by atoms with E-state index in [1.54, 1.807) is 0 Å². The van der Waals surface area contributed by atoms with Crippen molar-refractivity contribution in [2.75, 3.05) is 47.5 Å². The highest BCUT2D eigenvalue weighted by Crippen LogP contribution is 2.43. The van der Waals surface area contributed by atoms with Gasteiger partial charge in [0.25, 0.3) is 0 Å². The van der Waals surface area contributed by atoms with E-state index in [4.69, 9.17) is 18.5 Å². The summed E-state index contributed by atoms with van der Waals surface area (Å²) in [7, 11) is 1.42. The monoisotopic (exact) mass is 775 g/mol. The van der Waals surface area contributed by atoms with Gasteiger partial charge in [0, 0.05) is 12.8 Å². The Morgan fingerprint density at radius 3 is 1.48 bits per heavy atom. The summed E-state index contributed by atoms with van der Waals surface area (Å²) in [5, 5.41) is 0. The highest BCUT2D eigenvalue weighted by Gasteiger charge is 2.27. The average Bonchev–Trinajstić information content (AvgIpc) is 3.12. The fourth-order valence-electron chi connectivity index (χ4n) is 4.68. The van der Waals surface area contributed by atoms with E-state index in [1.165, 1.54) is 0 Å². The summed E-state index contributed by atoms with van der Waals surface area (Å²) < 4.78 is 34.2. The van der Waals surface area contributed by atoms with Crippen LogP contribution in [0.2, 0.25) is 0 Å². The lowest BCUT2D eigenvalue weighted by atomic mass is 10.1. The average molecular weight is 775 g/mol. The third-order valence-electron chi connectivity index (χ3n) is 7.80. The van der Waals surface area contributed by atoms with Gasteiger partial charge in [-0.2, -0.15) is 0 Å². The molecule has 0 radical (unpaired) electrons. The Labute approximate surface area is 328 Å². The number of unbranched alkanes of at least 4 members (excludes halogenated alkanes) is 10. The van der Waals surface area contributed by atoms with Gasteiger partial charge >= 0.3 is 19.8 Å². The van der Waals surface area contributed by atoms with Crippen LogP contribution in [0.5, 0.6) is 0 Å². The van der Waals surface area contributed by atoms with Gasteiger partial charge in [0.1, 0.15) is 19.8 Å². The van der Waals surface area contributed by atoms with E-state index in [9.17, 15) is 19.0 Å². The summed E-state index contributed by atoms with van der Waals surface area (Å²) in [5.74, 6) is -0.867. The van der Waals surface area contributed by atoms with Crippen molar-refractivity contribution in [3.05, 3.63) is 97.2 Å². The van der Waals surface area contributed by atoms with Gasteiger partial charge < -0.3 is 18.9 Å². The maximum atomic E-state index is 12.6. The number of likely N-dealkylation sites (N-methyl/N-ethyl adjacent to an activating group) is 1. The van der Waals surface area contributed by atoms with Gasteiger partial charge in [-0.05, 0) is 51.4 Å². The van der Waals surface area contributed by atoms with Crippen molar-refractivity contribution in [1.82, 2.24) is 0 Å². The lowest BCUT2D eigenvalue weighted by molar-refractivity contribution is -0.870. The van der Waals surface area contributed by atoms with Crippen LogP contribution in [0, 0.1) is 0 Å². The van der Waals surface area contributed by atoms with Gasteiger partial charge in [-0.25, -0.2) is 4.57 Å². The zero-order valence-electron chi connectivity index (χ0n) is 34.2. The van der Waals surface area contributed by atoms with E-state index < -0.39 is 32.5 Å². The minimum atomic E-state index is -4.39. The molecule has 0 aromatic rings. The zero-order chi connectivity index (χ0) is 40.0. The second-order valence-electron chi connectivity index (χ2n) is 14.1. The standard InChI is InChI=1S/C44H72NO8P/c1-6-8-10-12-14-16-18-20-22-24-26-28-30-32-34-36-43(46)50-40-42(41-52-54(48,49)51-39-38-45(3,4)5)53-44(47)37-35-33-31-29-27-25-23-21-19-17-15-13-11-9-7-2/h8-23,42H,6-7,24-41H2,1-5H3/p+1/b10-8+,11-9+,14-12+,15-13+,18-16+,19-17+,22-20+,23-21+/t42-/m1/s1. The second kappa shape index (κ2) is 35.6. The minimum Gasteiger partial charge on any atom is -0.462 e. The smallest absolute Gasteiger partial charge is 0.462 e. The predicted molar refractivity (Wildman–Crippen MR) is 224 cm³/mol. The summed E-state index contributed by atoms with van der Waals surface area (Å²) in [6, 6.07) is 0. The predicted octanol–water partition coefficient (Wildman–Crippen LogP) is 11.0. The number of hydrogen-bond donors (Lipinski definition) is 1. The molecule has 54 heavy (non-hydrogen) atoms. The number of quaternary nitrogens is 1. The summed E-state index contributed by atoms with van der Waals surface area (Å²) in [6.07, 6.45) is 45.9. The molecule has 0 aromatic carbocycles. The number of nitrogens with zero attached hydrogens (tertiary/aromatic N) is 1. The molecule has 1 unspecified atom stereocenters. The number of phosphoric acid groups is 1. The van der Waals surface area contributed by atoms with Crippen molar-refractivity contribution in [1.29, 1.82) is 0 Å². The molecule has 0 aliphatic heterocycles. The Morgan fingerprint density at radius 1 is 0.574 bits per heavy atom. The maximum absolute atomic E-state index is 12.6. The number of carbonyl (C=O) groups excluding carboxylic acids is 2. The molecule has 0 aliphatic carbocycles. The van der Waals surface area contributed by atoms with Crippen LogP contribution < -0.4 is 0 Å². The molecule has 0 fully saturated rings. The summed E-state index contributed by atoms with van der Waals surface area (Å²) in [6.45, 7) is 4.04. The third kappa shape index (κ3) is 38.6. The maximum Gasteiger partial charge on any atom is 0.472 e. The molecule has 0 saturated carbocycles. The van der Waals surface area contributed by atoms with Gasteiger partial charge in [0.2, 0.25) is 0 Å². The van der Waals surface area contributed by atoms with Crippen molar-refractivity contribution in [2.45, 2.75) is 123 Å². The van der Waals surface area contributed by atoms with E-state index >= 15 is 0 Å². The Hall–Kier alpha value is -3.07. The first-order valence-electron chi connectivity index (χ1n) is 20.1. The zero-order valence-corrected chi connectivity index (χ0v) is 35.1. The van der Waals surface area contributed by atoms with Crippen LogP contribution in [-0.4, -0.2) is 74.9 Å². The number of ether oxygens (including phenoxy) is 2. The Kier molecular flexibility index (Phi) is 33.6. The molecule has 0 amide bonds. The molecule has 9 nitrogen and oxygen atoms in total. The highest BCUT2D eigenvalue weighted by atomic mass is 31.2. The van der Waals surface area contributed by atoms with Crippen LogP contribution in [0.15, 0.2) is 97.2 Å². The molecular weight excluding hydrogens is 701 g/mol. The summed E-state index contributed by atoms with van der Waals surface area (Å²) in [5.41, 5.74) is 0. The topological polar surface area (TPSA) is 108 Å². The second-order valence-corrected chi connectivity index (χ2v) is 15.5. The van der Waals surface area contributed by atoms with Crippen molar-refractivity contribution in [2.24, 2.45) is 0 Å². The van der Waals surface area contributed by atoms with Crippen LogP contribution >= 0.6 is 7.82 Å². The summed E-state index contributed by atoms with van der Waals surface area (Å²) >= 11 is 0. The van der Waals surface area contributed by atoms with Crippen LogP contribution in [0.25, 0.3) is 0 Å². The van der Waals surface area contributed by atoms with Crippen molar-refractivity contribution < 1.29 is 42.1 Å². The molecule has 306 valence electrons. The molecule has 0 heterocycles. The van der Waals surface area contributed by atoms with Crippen molar-refractivity contribution in [3.8, 4) is 0 Å². The number of carbonyl (C=O) groups is 2. The molecule has 0 bridgehead atoms. The fourth-order valence-corrected chi connectivity index (χ4v) is 5.42. The Bertz CT molecular complexity index is 1240. The van der Waals surface area contributed by atoms with Crippen LogP contribution in [0.4, 0.5) is 0 Å². The molecule has 0 spiro atoms. The molecule has 0 rings (SSSR count). The molecule has 2 atom stereocenters. The molecule has 0 saturated heterocycles. The van der Waals surface area contributed by atoms with E-state index in [-0.39, 0.29) is 26.1 Å². The van der Waals surface area contributed by atoms with E-state index in [2.05, 4.69) is 50.3 Å². The number of phosphoric ester groups is 1. The lowest BCUT2D eigenvalue weighted by Crippen LogP contribution is -2.37. The van der Waals surface area contributed by atoms with Crippen LogP contribution in [0.3, 0.4) is 0 Å². The molecule has 0 aromatic heterocycles. The normalized spacial score (nSPS) is 14.7. The first kappa shape index (κ1) is 50.9. The number of esters is 2. The summed E-state index contributed by atoms with van der Waals surface area (Å²) in [4.78, 5) is 35.3. The van der Waals surface area contributed by atoms with Crippen molar-refractivity contribution >= 4 is 19.8 Å². The first-order chi connectivity index (χ1) is 26.0. The fraction of sp³-hybridized carbons (Fsp3) is 0.591. The van der Waals surface area contributed by atoms with Gasteiger partial charge in [-0.1, -0.05) is 150 Å². The Morgan fingerprint density at radius 2 is 1.00 bits per heavy atom. The van der Waals surface area contributed by atoms with Gasteiger partial charge in [-0.15, -0.1) is 0 Å². The van der Waals surface area contributed by atoms with Gasteiger partial charge in [-0.3, -0.25) is 18.6 Å². The third-order valence-corrected chi connectivity index (χ3v) is 8.78. The molecule has 10 heteroatoms. The van der Waals surface area contributed by atoms with Gasteiger partial charge in [0.05, 0.1) is 27.7 Å². The van der Waals surface area contributed by atoms with Gasteiger partial charge in [0.15, 0.2) is 6.10 Å². The van der Waals surface area contributed by atoms with E-state index in [0.29, 0.717) is 23.9 Å². The van der Waals surface area contributed by atoms with E-state index in [1.807, 2.05) is 81.9 Å². The Balaban J connectivity index is 4.53. The van der Waals surface area contributed by atoms with Crippen LogP contribution in [0.1, 0.15) is 117 Å². The molecule has 0 aliphatic rings. The first-order valence-corrected chi connectivity index (χ1v) is 21.6. The number of rotatable bonds is 34. The highest BCUT2D eigenvalue weighted by molar-refractivity contribution is 7.47. The molecule has 1 N–H and O–H groups in total. The largest absolute Gasteiger partial charge is 0.472 e. The lowest BCUT2D eigenvalue weighted by Gasteiger charge is -2.24. The van der Waals surface area contributed by atoms with E-state index in [0.717, 1.165) is 77.0 Å². The van der Waals surface area contributed by atoms with Crippen molar-refractivity contribution in [3.63, 3.8) is 0 Å². The quantitative estimate of drug-likeness (QED) is 0.0226. The number of hydrogen-bond acceptors (Lipinski definition) is 7. The number of allylic oxidation sites excluding steroid dienone is 16. The molecular formula is C44H73NO8P+. The van der Waals surface area contributed by atoms with Crippen LogP contribution in [-0.2, 0) is 32.7 Å². The SMILES string of the molecule is CC/C=C/C=C/C=C/C=C/CCCCCCCC(=O)OC[C@H](COP(=O)(O)OCC[N+](C)(C)C)OC(=O)CCCCCCC/C=C/C=C/C=C/C=C/CC.